The van der Waals surface area contributed by atoms with Crippen molar-refractivity contribution in [2.24, 2.45) is 4.99 Å². The lowest BCUT2D eigenvalue weighted by Crippen LogP contribution is -1.78. The van der Waals surface area contributed by atoms with Crippen LogP contribution in [0.4, 0.5) is 0 Å². The SMILES string of the molecule is CC(C)=C(C)/N=C\CS. The van der Waals surface area contributed by atoms with E-state index in [0.717, 1.165) is 5.70 Å². The molecular formula is C7H13NS. The third-order valence-electron chi connectivity index (χ3n) is 1.09. The Bertz CT molecular complexity index is 132. The maximum Gasteiger partial charge on any atom is 0.0355 e. The topological polar surface area (TPSA) is 12.4 Å². The van der Waals surface area contributed by atoms with Crippen molar-refractivity contribution in [3.05, 3.63) is 11.3 Å². The fourth-order valence-corrected chi connectivity index (χ4v) is 0.389. The first-order valence-electron chi connectivity index (χ1n) is 2.96. The summed E-state index contributed by atoms with van der Waals surface area (Å²) in [5, 5.41) is 0. The number of rotatable bonds is 2. The van der Waals surface area contributed by atoms with Gasteiger partial charge >= 0.3 is 0 Å². The molecule has 0 radical (unpaired) electrons. The normalized spacial score (nSPS) is 10.2. The second-order valence-corrected chi connectivity index (χ2v) is 2.44. The minimum absolute atomic E-state index is 0.713. The van der Waals surface area contributed by atoms with Crippen LogP contribution in [0.2, 0.25) is 0 Å². The maximum absolute atomic E-state index is 4.12. The van der Waals surface area contributed by atoms with E-state index in [0.29, 0.717) is 5.75 Å². The second kappa shape index (κ2) is 4.62. The molecule has 0 spiro atoms. The Labute approximate surface area is 62.3 Å². The predicted octanol–water partition coefficient (Wildman–Crippen LogP) is 2.30. The van der Waals surface area contributed by atoms with Crippen molar-refractivity contribution in [2.45, 2.75) is 20.8 Å². The summed E-state index contributed by atoms with van der Waals surface area (Å²) in [4.78, 5) is 4.12. The van der Waals surface area contributed by atoms with Gasteiger partial charge in [0.1, 0.15) is 0 Å². The fourth-order valence-electron chi connectivity index (χ4n) is 0.307. The molecule has 0 amide bonds. The van der Waals surface area contributed by atoms with Crippen molar-refractivity contribution in [3.8, 4) is 0 Å². The molecule has 0 aromatic rings. The van der Waals surface area contributed by atoms with E-state index in [9.17, 15) is 0 Å². The van der Waals surface area contributed by atoms with Crippen LogP contribution in [0.5, 0.6) is 0 Å². The minimum Gasteiger partial charge on any atom is -0.265 e. The average Bonchev–Trinajstić information content (AvgIpc) is 1.82. The lowest BCUT2D eigenvalue weighted by molar-refractivity contribution is 1.19. The smallest absolute Gasteiger partial charge is 0.0355 e. The quantitative estimate of drug-likeness (QED) is 0.450. The first-order chi connectivity index (χ1) is 4.18. The van der Waals surface area contributed by atoms with Gasteiger partial charge in [-0.15, -0.1) is 0 Å². The van der Waals surface area contributed by atoms with Crippen molar-refractivity contribution in [1.29, 1.82) is 0 Å². The Balaban J connectivity index is 3.91. The van der Waals surface area contributed by atoms with Crippen molar-refractivity contribution < 1.29 is 0 Å². The summed E-state index contributed by atoms with van der Waals surface area (Å²) in [6.45, 7) is 6.09. The van der Waals surface area contributed by atoms with E-state index in [2.05, 4.69) is 17.6 Å². The lowest BCUT2D eigenvalue weighted by atomic mass is 10.3. The first-order valence-corrected chi connectivity index (χ1v) is 3.59. The lowest BCUT2D eigenvalue weighted by Gasteiger charge is -1.92. The summed E-state index contributed by atoms with van der Waals surface area (Å²) in [7, 11) is 0. The molecule has 0 rings (SSSR count). The van der Waals surface area contributed by atoms with Crippen LogP contribution >= 0.6 is 12.6 Å². The molecule has 0 atom stereocenters. The Kier molecular flexibility index (Phi) is 4.50. The highest BCUT2D eigenvalue weighted by molar-refractivity contribution is 7.80. The van der Waals surface area contributed by atoms with Gasteiger partial charge in [0.15, 0.2) is 0 Å². The van der Waals surface area contributed by atoms with Gasteiger partial charge in [0, 0.05) is 17.7 Å². The monoisotopic (exact) mass is 143 g/mol. The molecule has 0 aliphatic rings. The summed E-state index contributed by atoms with van der Waals surface area (Å²) in [5.74, 6) is 0.713. The second-order valence-electron chi connectivity index (χ2n) is 2.08. The van der Waals surface area contributed by atoms with Crippen LogP contribution in [-0.2, 0) is 0 Å². The summed E-state index contributed by atoms with van der Waals surface area (Å²) in [6, 6.07) is 0. The van der Waals surface area contributed by atoms with Crippen molar-refractivity contribution in [2.75, 3.05) is 5.75 Å². The molecule has 2 heteroatoms. The van der Waals surface area contributed by atoms with Gasteiger partial charge in [-0.1, -0.05) is 5.57 Å². The zero-order valence-corrected chi connectivity index (χ0v) is 7.07. The molecule has 1 nitrogen and oxygen atoms in total. The van der Waals surface area contributed by atoms with E-state index in [4.69, 9.17) is 0 Å². The Morgan fingerprint density at radius 1 is 1.44 bits per heavy atom. The van der Waals surface area contributed by atoms with Gasteiger partial charge in [-0.2, -0.15) is 12.6 Å². The average molecular weight is 143 g/mol. The molecule has 0 unspecified atom stereocenters. The molecule has 0 saturated carbocycles. The molecule has 0 aromatic heterocycles. The van der Waals surface area contributed by atoms with E-state index >= 15 is 0 Å². The van der Waals surface area contributed by atoms with Gasteiger partial charge < -0.3 is 0 Å². The molecule has 52 valence electrons. The zero-order valence-electron chi connectivity index (χ0n) is 6.18. The standard InChI is InChI=1S/C7H13NS/c1-6(2)7(3)8-4-5-9/h4,9H,5H2,1-3H3/b8-4-. The molecule has 0 fully saturated rings. The van der Waals surface area contributed by atoms with Gasteiger partial charge in [-0.05, 0) is 20.8 Å². The van der Waals surface area contributed by atoms with E-state index < -0.39 is 0 Å². The molecule has 0 saturated heterocycles. The van der Waals surface area contributed by atoms with E-state index in [1.807, 2.05) is 20.8 Å². The first kappa shape index (κ1) is 8.76. The van der Waals surface area contributed by atoms with Crippen LogP contribution in [0.15, 0.2) is 16.3 Å². The van der Waals surface area contributed by atoms with Crippen LogP contribution in [0, 0.1) is 0 Å². The predicted molar refractivity (Wildman–Crippen MR) is 46.4 cm³/mol. The van der Waals surface area contributed by atoms with Crippen LogP contribution in [0.3, 0.4) is 0 Å². The molecule has 0 bridgehead atoms. The van der Waals surface area contributed by atoms with Crippen LogP contribution in [0.1, 0.15) is 20.8 Å². The Hall–Kier alpha value is -0.240. The number of hydrogen-bond acceptors (Lipinski definition) is 2. The molecule has 9 heavy (non-hydrogen) atoms. The van der Waals surface area contributed by atoms with Crippen LogP contribution in [-0.4, -0.2) is 12.0 Å². The van der Waals surface area contributed by atoms with E-state index in [-0.39, 0.29) is 0 Å². The summed E-state index contributed by atoms with van der Waals surface area (Å²) in [5.41, 5.74) is 2.34. The zero-order chi connectivity index (χ0) is 7.28. The maximum atomic E-state index is 4.12. The van der Waals surface area contributed by atoms with Crippen molar-refractivity contribution >= 4 is 18.8 Å². The van der Waals surface area contributed by atoms with Gasteiger partial charge in [0.05, 0.1) is 0 Å². The number of aliphatic imine (C=N–C) groups is 1. The highest BCUT2D eigenvalue weighted by Crippen LogP contribution is 2.01. The van der Waals surface area contributed by atoms with Crippen LogP contribution < -0.4 is 0 Å². The summed E-state index contributed by atoms with van der Waals surface area (Å²) < 4.78 is 0. The third-order valence-corrected chi connectivity index (χ3v) is 1.25. The van der Waals surface area contributed by atoms with Gasteiger partial charge in [0.25, 0.3) is 0 Å². The summed E-state index contributed by atoms with van der Waals surface area (Å²) >= 11 is 3.99. The number of hydrogen-bond donors (Lipinski definition) is 1. The highest BCUT2D eigenvalue weighted by Gasteiger charge is 1.83. The molecule has 0 aliphatic carbocycles. The van der Waals surface area contributed by atoms with Crippen molar-refractivity contribution in [1.82, 2.24) is 0 Å². The van der Waals surface area contributed by atoms with E-state index in [1.54, 1.807) is 6.21 Å². The van der Waals surface area contributed by atoms with Crippen LogP contribution in [0.25, 0.3) is 0 Å². The molecule has 0 aromatic carbocycles. The fraction of sp³-hybridized carbons (Fsp3) is 0.571. The van der Waals surface area contributed by atoms with E-state index in [1.165, 1.54) is 5.57 Å². The molecule has 0 N–H and O–H groups in total. The Morgan fingerprint density at radius 2 is 2.00 bits per heavy atom. The van der Waals surface area contributed by atoms with Crippen molar-refractivity contribution in [3.63, 3.8) is 0 Å². The molecule has 0 aliphatic heterocycles. The number of thiol groups is 1. The third kappa shape index (κ3) is 4.28. The number of nitrogens with zero attached hydrogens (tertiary/aromatic N) is 1. The minimum atomic E-state index is 0.713. The number of allylic oxidation sites excluding steroid dienone is 2. The van der Waals surface area contributed by atoms with Gasteiger partial charge in [0.2, 0.25) is 0 Å². The Morgan fingerprint density at radius 3 is 2.33 bits per heavy atom. The van der Waals surface area contributed by atoms with Gasteiger partial charge in [-0.25, -0.2) is 0 Å². The molecule has 0 heterocycles. The largest absolute Gasteiger partial charge is 0.265 e. The highest BCUT2D eigenvalue weighted by atomic mass is 32.1. The van der Waals surface area contributed by atoms with Gasteiger partial charge in [-0.3, -0.25) is 4.99 Å². The summed E-state index contributed by atoms with van der Waals surface area (Å²) in [6.07, 6.45) is 1.80. The molecular weight excluding hydrogens is 130 g/mol.